The van der Waals surface area contributed by atoms with Crippen LogP contribution in [0.1, 0.15) is 59.3 Å². The summed E-state index contributed by atoms with van der Waals surface area (Å²) in [7, 11) is 1.37. The van der Waals surface area contributed by atoms with Gasteiger partial charge in [0.15, 0.2) is 0 Å². The highest BCUT2D eigenvalue weighted by molar-refractivity contribution is 7.91. The average Bonchev–Trinajstić information content (AvgIpc) is 4.02. The van der Waals surface area contributed by atoms with E-state index in [1.54, 1.807) is 33.9 Å². The number of hydrogen-bond donors (Lipinski definition) is 4. The molecular weight excluding hydrogens is 719 g/mol. The van der Waals surface area contributed by atoms with Crippen molar-refractivity contribution < 1.29 is 41.8 Å². The van der Waals surface area contributed by atoms with Crippen LogP contribution in [0.2, 0.25) is 0 Å². The van der Waals surface area contributed by atoms with Gasteiger partial charge in [-0.05, 0) is 89.1 Å². The number of nitrogens with one attached hydrogen (secondary N) is 4. The van der Waals surface area contributed by atoms with Crippen LogP contribution in [0.5, 0.6) is 11.6 Å². The lowest BCUT2D eigenvalue weighted by atomic mass is 10.1. The third kappa shape index (κ3) is 8.83. The third-order valence-corrected chi connectivity index (χ3v) is 11.8. The second-order valence-electron chi connectivity index (χ2n) is 15.7. The van der Waals surface area contributed by atoms with E-state index in [2.05, 4.69) is 20.7 Å². The van der Waals surface area contributed by atoms with Crippen molar-refractivity contribution in [3.63, 3.8) is 0 Å². The number of benzene rings is 1. The SMILES string of the molecule is COc1ccc2c(OC3C[C@H]4C(=O)N[C@]5(C(=O)NS(=O)(=O)C6CC6)C[C@H]5C=CCCCNC[C@H](NC(=O)OC(C)(C)C)C(=O)N4C3)nc(N(C)C)cc2c1. The number of ether oxygens (including phenoxy) is 3. The summed E-state index contributed by atoms with van der Waals surface area (Å²) in [5.74, 6) is -0.906. The molecule has 2 saturated carbocycles. The molecule has 0 radical (unpaired) electrons. The number of allylic oxidation sites excluding steroid dienone is 1. The summed E-state index contributed by atoms with van der Waals surface area (Å²) in [6.45, 7) is 5.67. The standard InChI is InChI=1S/C37H51N7O9S/c1-36(2,3)53-35(48)39-28-20-38-15-9-7-8-10-23-19-37(23,34(47)42-54(49,50)26-12-13-26)41-31(45)29-18-25(21-44(29)33(28)46)52-32-27-14-11-24(51-6)16-22(27)17-30(40-32)43(4)5/h8,10-11,14,16-17,23,25-26,28-29,38H,7,9,12-13,15,18-21H2,1-6H3,(H,39,48)(H,41,45)(H,42,47)/t23-,25?,28+,29+,37-/m1/s1. The monoisotopic (exact) mass is 769 g/mol. The number of fused-ring (bicyclic) bond motifs is 3. The number of carbonyl (C=O) groups is 4. The first-order valence-corrected chi connectivity index (χ1v) is 19.9. The molecule has 1 aromatic carbocycles. The number of hydrogen-bond acceptors (Lipinski definition) is 12. The summed E-state index contributed by atoms with van der Waals surface area (Å²) in [6, 6.07) is 5.11. The maximum absolute atomic E-state index is 14.5. The van der Waals surface area contributed by atoms with Crippen molar-refractivity contribution in [2.24, 2.45) is 5.92 Å². The number of methoxy groups -OCH3 is 1. The van der Waals surface area contributed by atoms with Gasteiger partial charge in [0.2, 0.25) is 27.7 Å². The highest BCUT2D eigenvalue weighted by Gasteiger charge is 2.62. The summed E-state index contributed by atoms with van der Waals surface area (Å²) in [5, 5.41) is 9.66. The quantitative estimate of drug-likeness (QED) is 0.286. The number of carbonyl (C=O) groups excluding carboxylic acids is 4. The van der Waals surface area contributed by atoms with Gasteiger partial charge in [-0.1, -0.05) is 12.2 Å². The molecule has 16 nitrogen and oxygen atoms in total. The van der Waals surface area contributed by atoms with Crippen molar-refractivity contribution in [3.8, 4) is 11.6 Å². The Morgan fingerprint density at radius 1 is 1.13 bits per heavy atom. The Morgan fingerprint density at radius 3 is 2.57 bits per heavy atom. The summed E-state index contributed by atoms with van der Waals surface area (Å²) in [6.07, 6.45) is 4.67. The molecule has 3 heterocycles. The van der Waals surface area contributed by atoms with Gasteiger partial charge in [-0.3, -0.25) is 19.1 Å². The lowest BCUT2D eigenvalue weighted by Crippen LogP contribution is -2.59. The molecule has 3 fully saturated rings. The van der Waals surface area contributed by atoms with Crippen LogP contribution in [0, 0.1) is 5.92 Å². The molecule has 1 aromatic heterocycles. The molecule has 4 amide bonds. The van der Waals surface area contributed by atoms with E-state index in [1.807, 2.05) is 49.3 Å². The zero-order valence-electron chi connectivity index (χ0n) is 31.6. The van der Waals surface area contributed by atoms with Crippen molar-refractivity contribution in [3.05, 3.63) is 36.4 Å². The molecule has 0 bridgehead atoms. The Morgan fingerprint density at radius 2 is 1.89 bits per heavy atom. The summed E-state index contributed by atoms with van der Waals surface area (Å²) >= 11 is 0. The number of alkyl carbamates (subject to hydrolysis) is 1. The summed E-state index contributed by atoms with van der Waals surface area (Å²) in [5.41, 5.74) is -2.35. The number of rotatable bonds is 8. The molecule has 2 aliphatic heterocycles. The van der Waals surface area contributed by atoms with Gasteiger partial charge >= 0.3 is 6.09 Å². The smallest absolute Gasteiger partial charge is 0.408 e. The molecule has 4 N–H and O–H groups in total. The Balaban J connectivity index is 1.34. The van der Waals surface area contributed by atoms with Gasteiger partial charge in [0.25, 0.3) is 5.91 Å². The van der Waals surface area contributed by atoms with Crippen LogP contribution in [-0.4, -0.2) is 118 Å². The van der Waals surface area contributed by atoms with Crippen molar-refractivity contribution in [2.45, 2.75) is 93.9 Å². The van der Waals surface area contributed by atoms with E-state index in [1.165, 1.54) is 4.90 Å². The van der Waals surface area contributed by atoms with Gasteiger partial charge in [0, 0.05) is 38.4 Å². The minimum Gasteiger partial charge on any atom is -0.497 e. The molecule has 2 aliphatic carbocycles. The van der Waals surface area contributed by atoms with Gasteiger partial charge < -0.3 is 40.0 Å². The fourth-order valence-corrected chi connectivity index (χ4v) is 8.20. The van der Waals surface area contributed by atoms with E-state index in [9.17, 15) is 27.6 Å². The van der Waals surface area contributed by atoms with Gasteiger partial charge in [-0.2, -0.15) is 4.98 Å². The first kappa shape index (κ1) is 39.1. The molecule has 5 atom stereocenters. The highest BCUT2D eigenvalue weighted by Crippen LogP contribution is 2.46. The van der Waals surface area contributed by atoms with Crippen LogP contribution in [-0.2, 0) is 29.1 Å². The van der Waals surface area contributed by atoms with Gasteiger partial charge in [-0.25, -0.2) is 13.2 Å². The first-order valence-electron chi connectivity index (χ1n) is 18.4. The number of anilines is 1. The predicted octanol–water partition coefficient (Wildman–Crippen LogP) is 1.97. The zero-order valence-corrected chi connectivity index (χ0v) is 32.5. The van der Waals surface area contributed by atoms with Crippen LogP contribution < -0.4 is 35.0 Å². The lowest BCUT2D eigenvalue weighted by molar-refractivity contribution is -0.141. The fraction of sp³-hybridized carbons (Fsp3) is 0.595. The largest absolute Gasteiger partial charge is 0.497 e. The second-order valence-corrected chi connectivity index (χ2v) is 17.6. The maximum Gasteiger partial charge on any atom is 0.408 e. The molecule has 2 aromatic rings. The van der Waals surface area contributed by atoms with Crippen LogP contribution in [0.4, 0.5) is 10.6 Å². The van der Waals surface area contributed by atoms with Crippen molar-refractivity contribution >= 4 is 50.4 Å². The van der Waals surface area contributed by atoms with Crippen molar-refractivity contribution in [1.82, 2.24) is 30.6 Å². The van der Waals surface area contributed by atoms with E-state index in [0.29, 0.717) is 49.2 Å². The lowest BCUT2D eigenvalue weighted by Gasteiger charge is -2.30. The topological polar surface area (TPSA) is 198 Å². The minimum absolute atomic E-state index is 0.0221. The van der Waals surface area contributed by atoms with Gasteiger partial charge in [0.05, 0.1) is 18.9 Å². The van der Waals surface area contributed by atoms with E-state index in [-0.39, 0.29) is 31.8 Å². The van der Waals surface area contributed by atoms with Crippen LogP contribution in [0.15, 0.2) is 36.4 Å². The molecule has 1 saturated heterocycles. The minimum atomic E-state index is -3.90. The Hall–Kier alpha value is -4.64. The molecule has 4 aliphatic rings. The van der Waals surface area contributed by atoms with E-state index >= 15 is 0 Å². The zero-order chi connectivity index (χ0) is 39.0. The van der Waals surface area contributed by atoms with Crippen molar-refractivity contribution in [1.29, 1.82) is 0 Å². The number of sulfonamides is 1. The average molecular weight is 770 g/mol. The number of amides is 4. The molecule has 17 heteroatoms. The molecule has 0 spiro atoms. The number of nitrogens with zero attached hydrogens (tertiary/aromatic N) is 3. The molecule has 1 unspecified atom stereocenters. The van der Waals surface area contributed by atoms with E-state index < -0.39 is 74.3 Å². The number of pyridine rings is 1. The highest BCUT2D eigenvalue weighted by atomic mass is 32.2. The molecule has 6 rings (SSSR count). The van der Waals surface area contributed by atoms with Crippen LogP contribution >= 0.6 is 0 Å². The third-order valence-electron chi connectivity index (χ3n) is 9.97. The van der Waals surface area contributed by atoms with Crippen molar-refractivity contribution in [2.75, 3.05) is 45.7 Å². The Bertz CT molecular complexity index is 1930. The summed E-state index contributed by atoms with van der Waals surface area (Å²) < 4.78 is 45.3. The molecular formula is C37H51N7O9S. The fourth-order valence-electron chi connectivity index (χ4n) is 6.84. The van der Waals surface area contributed by atoms with Gasteiger partial charge in [-0.15, -0.1) is 0 Å². The van der Waals surface area contributed by atoms with Gasteiger partial charge in [0.1, 0.15) is 40.9 Å². The normalized spacial score (nSPS) is 26.4. The summed E-state index contributed by atoms with van der Waals surface area (Å²) in [4.78, 5) is 63.5. The maximum atomic E-state index is 14.5. The molecule has 294 valence electrons. The van der Waals surface area contributed by atoms with E-state index in [4.69, 9.17) is 19.2 Å². The first-order chi connectivity index (χ1) is 25.5. The van der Waals surface area contributed by atoms with Crippen LogP contribution in [0.3, 0.4) is 0 Å². The van der Waals surface area contributed by atoms with Crippen LogP contribution in [0.25, 0.3) is 10.8 Å². The second kappa shape index (κ2) is 15.2. The Labute approximate surface area is 315 Å². The Kier molecular flexibility index (Phi) is 11.0. The molecule has 54 heavy (non-hydrogen) atoms. The predicted molar refractivity (Wildman–Crippen MR) is 201 cm³/mol. The number of aromatic nitrogens is 1. The van der Waals surface area contributed by atoms with E-state index in [0.717, 1.165) is 5.39 Å².